The van der Waals surface area contributed by atoms with Crippen molar-refractivity contribution in [3.8, 4) is 17.2 Å². The van der Waals surface area contributed by atoms with Crippen LogP contribution in [-0.2, 0) is 27.2 Å². The van der Waals surface area contributed by atoms with Gasteiger partial charge in [-0.15, -0.1) is 0 Å². The highest BCUT2D eigenvalue weighted by atomic mass is 16.7. The SMILES string of the molecule is COc1cccc2c1C(=O)c1c(O)c3c(c(O)c1C2=O)CC(O)(C(C)=O)CC3OC1CC(NCc2ccc([N+](=O)[O-])cc2)C(O)C(C)O1. The molecule has 3 aliphatic rings. The van der Waals surface area contributed by atoms with Crippen LogP contribution >= 0.6 is 0 Å². The normalized spacial score (nSPS) is 26.3. The van der Waals surface area contributed by atoms with E-state index in [1.165, 1.54) is 44.4 Å². The average Bonchev–Trinajstić information content (AvgIpc) is 3.05. The van der Waals surface area contributed by atoms with Gasteiger partial charge in [-0.1, -0.05) is 24.3 Å². The van der Waals surface area contributed by atoms with Crippen LogP contribution in [0, 0.1) is 10.1 Å². The van der Waals surface area contributed by atoms with Crippen LogP contribution < -0.4 is 10.1 Å². The minimum absolute atomic E-state index is 0.0395. The number of aliphatic hydroxyl groups excluding tert-OH is 1. The van der Waals surface area contributed by atoms with E-state index >= 15 is 0 Å². The molecule has 14 heteroatoms. The lowest BCUT2D eigenvalue weighted by atomic mass is 9.72. The number of nitrogens with zero attached hydrogens (tertiary/aromatic N) is 1. The molecule has 14 nitrogen and oxygen atoms in total. The van der Waals surface area contributed by atoms with Crippen molar-refractivity contribution in [2.75, 3.05) is 7.11 Å². The Morgan fingerprint density at radius 1 is 1.08 bits per heavy atom. The fourth-order valence-corrected chi connectivity index (χ4v) is 6.81. The number of ether oxygens (including phenoxy) is 3. The average molecular weight is 663 g/mol. The Bertz CT molecular complexity index is 1840. The number of aliphatic hydroxyl groups is 2. The number of methoxy groups -OCH3 is 1. The number of hydrogen-bond donors (Lipinski definition) is 5. The number of nitro benzene ring substituents is 1. The number of fused-ring (bicyclic) bond motifs is 3. The summed E-state index contributed by atoms with van der Waals surface area (Å²) >= 11 is 0. The minimum Gasteiger partial charge on any atom is -0.507 e. The Hall–Kier alpha value is -4.73. The predicted molar refractivity (Wildman–Crippen MR) is 166 cm³/mol. The third-order valence-corrected chi connectivity index (χ3v) is 9.47. The first-order chi connectivity index (χ1) is 22.7. The molecule has 6 rings (SSSR count). The van der Waals surface area contributed by atoms with Gasteiger partial charge in [-0.05, 0) is 25.5 Å². The summed E-state index contributed by atoms with van der Waals surface area (Å²) in [6.45, 7) is 3.04. The molecule has 6 atom stereocenters. The Kier molecular flexibility index (Phi) is 8.56. The number of phenols is 2. The first kappa shape index (κ1) is 33.2. The summed E-state index contributed by atoms with van der Waals surface area (Å²) < 4.78 is 17.5. The number of carbonyl (C=O) groups excluding carboxylic acids is 3. The summed E-state index contributed by atoms with van der Waals surface area (Å²) in [7, 11) is 1.33. The highest BCUT2D eigenvalue weighted by Gasteiger charge is 2.49. The van der Waals surface area contributed by atoms with Gasteiger partial charge in [-0.2, -0.15) is 0 Å². The number of carbonyl (C=O) groups is 3. The molecule has 0 spiro atoms. The molecule has 1 aliphatic heterocycles. The molecule has 1 saturated heterocycles. The summed E-state index contributed by atoms with van der Waals surface area (Å²) in [4.78, 5) is 50.7. The van der Waals surface area contributed by atoms with Crippen LogP contribution in [0.25, 0.3) is 0 Å². The molecule has 0 radical (unpaired) electrons. The second-order valence-corrected chi connectivity index (χ2v) is 12.4. The van der Waals surface area contributed by atoms with Gasteiger partial charge in [0.2, 0.25) is 5.78 Å². The van der Waals surface area contributed by atoms with Gasteiger partial charge in [0.25, 0.3) is 5.69 Å². The third kappa shape index (κ3) is 5.50. The molecule has 0 aromatic heterocycles. The lowest BCUT2D eigenvalue weighted by molar-refractivity contribution is -0.384. The summed E-state index contributed by atoms with van der Waals surface area (Å²) in [5, 5.41) is 59.8. The van der Waals surface area contributed by atoms with Crippen LogP contribution in [0.5, 0.6) is 17.2 Å². The monoisotopic (exact) mass is 662 g/mol. The number of Topliss-reactive ketones (excluding diaryl/α,β-unsaturated/α-hetero) is 1. The van der Waals surface area contributed by atoms with Crippen LogP contribution in [0.1, 0.15) is 81.3 Å². The fraction of sp³-hybridized carbons (Fsp3) is 0.382. The van der Waals surface area contributed by atoms with Gasteiger partial charge in [-0.3, -0.25) is 24.5 Å². The van der Waals surface area contributed by atoms with Crippen molar-refractivity contribution in [1.82, 2.24) is 5.32 Å². The Labute approximate surface area is 274 Å². The maximum absolute atomic E-state index is 13.8. The van der Waals surface area contributed by atoms with Gasteiger partial charge in [0.15, 0.2) is 17.9 Å². The van der Waals surface area contributed by atoms with Crippen LogP contribution in [0.4, 0.5) is 5.69 Å². The van der Waals surface area contributed by atoms with Gasteiger partial charge < -0.3 is 40.0 Å². The van der Waals surface area contributed by atoms with Crippen molar-refractivity contribution < 1.29 is 53.9 Å². The Balaban J connectivity index is 1.35. The van der Waals surface area contributed by atoms with Crippen molar-refractivity contribution in [1.29, 1.82) is 0 Å². The van der Waals surface area contributed by atoms with Gasteiger partial charge in [0.1, 0.15) is 22.8 Å². The number of benzene rings is 3. The molecule has 2 aliphatic carbocycles. The molecule has 0 bridgehead atoms. The molecule has 0 amide bonds. The van der Waals surface area contributed by atoms with Gasteiger partial charge in [0, 0.05) is 60.7 Å². The molecule has 0 saturated carbocycles. The van der Waals surface area contributed by atoms with Crippen molar-refractivity contribution in [3.05, 3.63) is 91.5 Å². The van der Waals surface area contributed by atoms with E-state index in [9.17, 15) is 44.9 Å². The molecule has 3 aromatic rings. The number of rotatable bonds is 8. The molecule has 1 heterocycles. The topological polar surface area (TPSA) is 215 Å². The predicted octanol–water partition coefficient (Wildman–Crippen LogP) is 2.77. The zero-order valence-electron chi connectivity index (χ0n) is 26.3. The van der Waals surface area contributed by atoms with Gasteiger partial charge in [0.05, 0.1) is 47.0 Å². The molecular weight excluding hydrogens is 628 g/mol. The van der Waals surface area contributed by atoms with E-state index in [1.54, 1.807) is 19.1 Å². The second-order valence-electron chi connectivity index (χ2n) is 12.4. The van der Waals surface area contributed by atoms with E-state index in [0.717, 1.165) is 5.56 Å². The maximum atomic E-state index is 13.8. The van der Waals surface area contributed by atoms with E-state index in [0.29, 0.717) is 0 Å². The molecule has 3 aromatic carbocycles. The van der Waals surface area contributed by atoms with Gasteiger partial charge >= 0.3 is 0 Å². The summed E-state index contributed by atoms with van der Waals surface area (Å²) in [5.74, 6) is -3.35. The van der Waals surface area contributed by atoms with E-state index in [2.05, 4.69) is 5.32 Å². The van der Waals surface area contributed by atoms with Crippen molar-refractivity contribution >= 4 is 23.0 Å². The van der Waals surface area contributed by atoms with Crippen LogP contribution in [0.3, 0.4) is 0 Å². The lowest BCUT2D eigenvalue weighted by Crippen LogP contribution is -2.54. The smallest absolute Gasteiger partial charge is 0.269 e. The molecule has 6 unspecified atom stereocenters. The summed E-state index contributed by atoms with van der Waals surface area (Å²) in [6, 6.07) is 9.72. The maximum Gasteiger partial charge on any atom is 0.269 e. The molecular formula is C34H34N2O12. The summed E-state index contributed by atoms with van der Waals surface area (Å²) in [5.41, 5.74) is -2.63. The van der Waals surface area contributed by atoms with E-state index in [4.69, 9.17) is 14.2 Å². The second kappa shape index (κ2) is 12.4. The van der Waals surface area contributed by atoms with Crippen molar-refractivity contribution in [3.63, 3.8) is 0 Å². The highest BCUT2D eigenvalue weighted by Crippen LogP contribution is 2.52. The van der Waals surface area contributed by atoms with Crippen LogP contribution in [0.2, 0.25) is 0 Å². The number of nitro groups is 1. The van der Waals surface area contributed by atoms with E-state index in [-0.39, 0.29) is 53.1 Å². The number of ketones is 3. The van der Waals surface area contributed by atoms with Crippen LogP contribution in [-0.4, -0.2) is 79.9 Å². The number of hydrogen-bond acceptors (Lipinski definition) is 13. The van der Waals surface area contributed by atoms with E-state index in [1.807, 2.05) is 0 Å². The quantitative estimate of drug-likeness (QED) is 0.104. The lowest BCUT2D eigenvalue weighted by Gasteiger charge is -2.43. The van der Waals surface area contributed by atoms with Crippen molar-refractivity contribution in [2.45, 2.75) is 75.9 Å². The number of aromatic hydroxyl groups is 2. The van der Waals surface area contributed by atoms with Crippen molar-refractivity contribution in [2.24, 2.45) is 0 Å². The molecule has 1 fully saturated rings. The minimum atomic E-state index is -2.06. The first-order valence-corrected chi connectivity index (χ1v) is 15.3. The molecule has 48 heavy (non-hydrogen) atoms. The number of phenolic OH excluding ortho intramolecular Hbond substituents is 2. The number of non-ortho nitro benzene ring substituents is 1. The van der Waals surface area contributed by atoms with Gasteiger partial charge in [-0.25, -0.2) is 0 Å². The Morgan fingerprint density at radius 2 is 1.77 bits per heavy atom. The standard InChI is InChI=1S/C34H34N2O12/c1-15-29(38)21(35-14-17-7-9-18(10-8-17)36(44)45)11-24(47-15)48-23-13-34(43,16(2)37)12-20-26(23)33(42)28-27(31(20)40)30(39)19-5-4-6-22(46-3)25(19)32(28)41/h4-10,15,21,23-24,29,35,38,40,42-43H,11-14H2,1-3H3. The third-order valence-electron chi connectivity index (χ3n) is 9.47. The molecule has 252 valence electrons. The zero-order chi connectivity index (χ0) is 34.7. The fourth-order valence-electron chi connectivity index (χ4n) is 6.81. The summed E-state index contributed by atoms with van der Waals surface area (Å²) in [6.07, 6.45) is -4.90. The van der Waals surface area contributed by atoms with Crippen LogP contribution in [0.15, 0.2) is 42.5 Å². The largest absolute Gasteiger partial charge is 0.507 e. The zero-order valence-corrected chi connectivity index (χ0v) is 26.3. The van der Waals surface area contributed by atoms with E-state index < -0.39 is 87.6 Å². The number of nitrogens with one attached hydrogen (secondary N) is 1. The Morgan fingerprint density at radius 3 is 2.42 bits per heavy atom. The first-order valence-electron chi connectivity index (χ1n) is 15.3. The highest BCUT2D eigenvalue weighted by molar-refractivity contribution is 6.31. The molecule has 5 N–H and O–H groups in total.